The zero-order valence-corrected chi connectivity index (χ0v) is 12.2. The molecule has 19 heavy (non-hydrogen) atoms. The molecule has 0 aromatic rings. The topological polar surface area (TPSA) is 41.6 Å². The number of carbonyl (C=O) groups excluding carboxylic acids is 1. The van der Waals surface area contributed by atoms with E-state index in [4.69, 9.17) is 4.74 Å². The third kappa shape index (κ3) is 4.10. The van der Waals surface area contributed by atoms with E-state index in [1.807, 2.05) is 6.92 Å². The SMILES string of the molecule is CCOCCCCNC(=O)N1CCCC2CCCC21. The van der Waals surface area contributed by atoms with Gasteiger partial charge >= 0.3 is 6.03 Å². The van der Waals surface area contributed by atoms with Gasteiger partial charge in [-0.1, -0.05) is 6.42 Å². The molecule has 2 aliphatic rings. The summed E-state index contributed by atoms with van der Waals surface area (Å²) < 4.78 is 5.29. The average molecular weight is 268 g/mol. The third-order valence-electron chi connectivity index (χ3n) is 4.45. The van der Waals surface area contributed by atoms with Crippen LogP contribution < -0.4 is 5.32 Å². The number of urea groups is 1. The van der Waals surface area contributed by atoms with Crippen molar-refractivity contribution in [3.63, 3.8) is 0 Å². The van der Waals surface area contributed by atoms with Gasteiger partial charge in [-0.2, -0.15) is 0 Å². The predicted molar refractivity (Wildman–Crippen MR) is 76.2 cm³/mol. The van der Waals surface area contributed by atoms with E-state index in [0.29, 0.717) is 6.04 Å². The van der Waals surface area contributed by atoms with E-state index >= 15 is 0 Å². The molecule has 0 spiro atoms. The van der Waals surface area contributed by atoms with Crippen molar-refractivity contribution in [1.82, 2.24) is 10.2 Å². The summed E-state index contributed by atoms with van der Waals surface area (Å²) in [6.45, 7) is 5.33. The molecule has 2 unspecified atom stereocenters. The molecule has 2 atom stereocenters. The minimum absolute atomic E-state index is 0.160. The van der Waals surface area contributed by atoms with Crippen molar-refractivity contribution in [2.24, 2.45) is 5.92 Å². The quantitative estimate of drug-likeness (QED) is 0.753. The first-order valence-electron chi connectivity index (χ1n) is 7.95. The Kier molecular flexibility index (Phi) is 5.95. The fourth-order valence-corrected chi connectivity index (χ4v) is 3.48. The standard InChI is InChI=1S/C15H28N2O2/c1-2-19-12-4-3-10-16-15(18)17-11-6-8-13-7-5-9-14(13)17/h13-14H,2-12H2,1H3,(H,16,18). The Morgan fingerprint density at radius 2 is 2.11 bits per heavy atom. The van der Waals surface area contributed by atoms with Crippen LogP contribution in [0.2, 0.25) is 0 Å². The number of amides is 2. The first-order valence-corrected chi connectivity index (χ1v) is 7.95. The van der Waals surface area contributed by atoms with E-state index in [0.717, 1.165) is 45.1 Å². The summed E-state index contributed by atoms with van der Waals surface area (Å²) in [5.74, 6) is 0.775. The highest BCUT2D eigenvalue weighted by molar-refractivity contribution is 5.74. The van der Waals surface area contributed by atoms with Gasteiger partial charge in [-0.3, -0.25) is 0 Å². The zero-order valence-electron chi connectivity index (χ0n) is 12.2. The summed E-state index contributed by atoms with van der Waals surface area (Å²) >= 11 is 0. The molecule has 1 aliphatic carbocycles. The lowest BCUT2D eigenvalue weighted by molar-refractivity contribution is 0.127. The van der Waals surface area contributed by atoms with Gasteiger partial charge < -0.3 is 15.0 Å². The van der Waals surface area contributed by atoms with Gasteiger partial charge in [0, 0.05) is 32.3 Å². The minimum atomic E-state index is 0.160. The molecule has 110 valence electrons. The molecule has 1 heterocycles. The fraction of sp³-hybridized carbons (Fsp3) is 0.933. The molecule has 4 heteroatoms. The lowest BCUT2D eigenvalue weighted by Crippen LogP contribution is -2.50. The second-order valence-electron chi connectivity index (χ2n) is 5.73. The maximum absolute atomic E-state index is 12.2. The number of fused-ring (bicyclic) bond motifs is 1. The number of hydrogen-bond acceptors (Lipinski definition) is 2. The maximum atomic E-state index is 12.2. The summed E-state index contributed by atoms with van der Waals surface area (Å²) in [7, 11) is 0. The van der Waals surface area contributed by atoms with Crippen molar-refractivity contribution in [2.75, 3.05) is 26.3 Å². The molecule has 2 fully saturated rings. The molecule has 1 aliphatic heterocycles. The van der Waals surface area contributed by atoms with Gasteiger partial charge in [0.15, 0.2) is 0 Å². The van der Waals surface area contributed by atoms with E-state index in [-0.39, 0.29) is 6.03 Å². The highest BCUT2D eigenvalue weighted by Crippen LogP contribution is 2.36. The molecule has 0 aromatic heterocycles. The van der Waals surface area contributed by atoms with E-state index in [1.54, 1.807) is 0 Å². The molecule has 1 N–H and O–H groups in total. The summed E-state index contributed by atoms with van der Waals surface area (Å²) in [6, 6.07) is 0.685. The van der Waals surface area contributed by atoms with Crippen molar-refractivity contribution >= 4 is 6.03 Å². The third-order valence-corrected chi connectivity index (χ3v) is 4.45. The molecule has 0 radical (unpaired) electrons. The summed E-state index contributed by atoms with van der Waals surface area (Å²) in [4.78, 5) is 14.3. The largest absolute Gasteiger partial charge is 0.382 e. The van der Waals surface area contributed by atoms with E-state index < -0.39 is 0 Å². The number of carbonyl (C=O) groups is 1. The second-order valence-corrected chi connectivity index (χ2v) is 5.73. The van der Waals surface area contributed by atoms with Gasteiger partial charge in [0.05, 0.1) is 0 Å². The normalized spacial score (nSPS) is 26.3. The highest BCUT2D eigenvalue weighted by Gasteiger charge is 2.37. The van der Waals surface area contributed by atoms with Crippen molar-refractivity contribution in [3.8, 4) is 0 Å². The van der Waals surface area contributed by atoms with Gasteiger partial charge in [0.25, 0.3) is 0 Å². The van der Waals surface area contributed by atoms with Crippen molar-refractivity contribution in [2.45, 2.75) is 57.9 Å². The Hall–Kier alpha value is -0.770. The smallest absolute Gasteiger partial charge is 0.317 e. The van der Waals surface area contributed by atoms with Crippen LogP contribution in [0.25, 0.3) is 0 Å². The molecule has 0 bridgehead atoms. The van der Waals surface area contributed by atoms with E-state index in [9.17, 15) is 4.79 Å². The lowest BCUT2D eigenvalue weighted by Gasteiger charge is -2.37. The summed E-state index contributed by atoms with van der Waals surface area (Å²) in [6.07, 6.45) is 8.37. The average Bonchev–Trinajstić information content (AvgIpc) is 2.90. The Balaban J connectivity index is 1.65. The molecule has 4 nitrogen and oxygen atoms in total. The summed E-state index contributed by atoms with van der Waals surface area (Å²) in [5, 5.41) is 3.07. The van der Waals surface area contributed by atoms with Gasteiger partial charge in [0.2, 0.25) is 0 Å². The van der Waals surface area contributed by atoms with E-state index in [1.165, 1.54) is 32.1 Å². The summed E-state index contributed by atoms with van der Waals surface area (Å²) in [5.41, 5.74) is 0. The molecule has 1 saturated heterocycles. The Morgan fingerprint density at radius 1 is 1.26 bits per heavy atom. The number of likely N-dealkylation sites (tertiary alicyclic amines) is 1. The van der Waals surface area contributed by atoms with Crippen molar-refractivity contribution in [3.05, 3.63) is 0 Å². The maximum Gasteiger partial charge on any atom is 0.317 e. The number of ether oxygens (including phenoxy) is 1. The first-order chi connectivity index (χ1) is 9.33. The van der Waals surface area contributed by atoms with Crippen LogP contribution in [0.1, 0.15) is 51.9 Å². The Labute approximate surface area is 116 Å². The second kappa shape index (κ2) is 7.73. The molecule has 2 amide bonds. The van der Waals surface area contributed by atoms with Gasteiger partial charge in [-0.25, -0.2) is 4.79 Å². The number of nitrogens with one attached hydrogen (secondary N) is 1. The number of hydrogen-bond donors (Lipinski definition) is 1. The number of nitrogens with zero attached hydrogens (tertiary/aromatic N) is 1. The van der Waals surface area contributed by atoms with Crippen LogP contribution in [0.5, 0.6) is 0 Å². The number of piperidine rings is 1. The fourth-order valence-electron chi connectivity index (χ4n) is 3.48. The molecular formula is C15H28N2O2. The Bertz CT molecular complexity index is 283. The van der Waals surface area contributed by atoms with Crippen molar-refractivity contribution < 1.29 is 9.53 Å². The highest BCUT2D eigenvalue weighted by atomic mass is 16.5. The monoisotopic (exact) mass is 268 g/mol. The van der Waals surface area contributed by atoms with Gasteiger partial charge in [-0.05, 0) is 51.4 Å². The van der Waals surface area contributed by atoms with Crippen LogP contribution in [0.4, 0.5) is 4.79 Å². The van der Waals surface area contributed by atoms with Crippen LogP contribution in [0.3, 0.4) is 0 Å². The minimum Gasteiger partial charge on any atom is -0.382 e. The molecule has 0 aromatic carbocycles. The zero-order chi connectivity index (χ0) is 13.5. The van der Waals surface area contributed by atoms with Gasteiger partial charge in [-0.15, -0.1) is 0 Å². The lowest BCUT2D eigenvalue weighted by atomic mass is 9.92. The molecular weight excluding hydrogens is 240 g/mol. The van der Waals surface area contributed by atoms with E-state index in [2.05, 4.69) is 10.2 Å². The first kappa shape index (κ1) is 14.6. The van der Waals surface area contributed by atoms with Crippen LogP contribution in [-0.2, 0) is 4.74 Å². The molecule has 1 saturated carbocycles. The van der Waals surface area contributed by atoms with Crippen LogP contribution in [-0.4, -0.2) is 43.3 Å². The van der Waals surface area contributed by atoms with Crippen LogP contribution >= 0.6 is 0 Å². The Morgan fingerprint density at radius 3 is 2.95 bits per heavy atom. The van der Waals surface area contributed by atoms with Crippen LogP contribution in [0, 0.1) is 5.92 Å². The van der Waals surface area contributed by atoms with Crippen molar-refractivity contribution in [1.29, 1.82) is 0 Å². The molecule has 2 rings (SSSR count). The number of rotatable bonds is 6. The van der Waals surface area contributed by atoms with Gasteiger partial charge in [0.1, 0.15) is 0 Å². The predicted octanol–water partition coefficient (Wildman–Crippen LogP) is 2.78. The number of unbranched alkanes of at least 4 members (excludes halogenated alkanes) is 1. The van der Waals surface area contributed by atoms with Crippen LogP contribution in [0.15, 0.2) is 0 Å².